The van der Waals surface area contributed by atoms with Crippen molar-refractivity contribution >= 4 is 11.8 Å². The number of carbonyl (C=O) groups is 2. The predicted octanol–water partition coefficient (Wildman–Crippen LogP) is 2.46. The maximum atomic E-state index is 12.9. The van der Waals surface area contributed by atoms with E-state index in [0.717, 1.165) is 24.2 Å². The van der Waals surface area contributed by atoms with Crippen LogP contribution in [0, 0.1) is 16.7 Å². The van der Waals surface area contributed by atoms with Crippen LogP contribution in [0.2, 0.25) is 0 Å². The maximum Gasteiger partial charge on any atom is 0.321 e. The van der Waals surface area contributed by atoms with Crippen LogP contribution in [-0.4, -0.2) is 43.0 Å². The summed E-state index contributed by atoms with van der Waals surface area (Å²) < 4.78 is 10.3. The van der Waals surface area contributed by atoms with Gasteiger partial charge in [-0.2, -0.15) is 5.26 Å². The van der Waals surface area contributed by atoms with Crippen LogP contribution in [0.1, 0.15) is 37.7 Å². The van der Waals surface area contributed by atoms with Gasteiger partial charge in [0.15, 0.2) is 5.78 Å². The third kappa shape index (κ3) is 2.97. The van der Waals surface area contributed by atoms with Gasteiger partial charge in [-0.15, -0.1) is 0 Å². The van der Waals surface area contributed by atoms with Gasteiger partial charge in [-0.3, -0.25) is 14.5 Å². The van der Waals surface area contributed by atoms with Crippen LogP contribution >= 0.6 is 0 Å². The predicted molar refractivity (Wildman–Crippen MR) is 94.3 cm³/mol. The largest absolute Gasteiger partial charge is 0.497 e. The summed E-state index contributed by atoms with van der Waals surface area (Å²) in [6, 6.07) is 9.83. The zero-order chi connectivity index (χ0) is 18.7. The molecule has 0 aromatic heterocycles. The zero-order valence-corrected chi connectivity index (χ0v) is 15.2. The van der Waals surface area contributed by atoms with Gasteiger partial charge in [-0.05, 0) is 37.0 Å². The molecule has 1 aromatic carbocycles. The first kappa shape index (κ1) is 18.4. The minimum absolute atomic E-state index is 0.0750. The Labute approximate surface area is 153 Å². The van der Waals surface area contributed by atoms with Crippen molar-refractivity contribution in [3.8, 4) is 11.8 Å². The van der Waals surface area contributed by atoms with Crippen molar-refractivity contribution in [2.24, 2.45) is 5.41 Å². The third-order valence-electron chi connectivity index (χ3n) is 5.81. The maximum absolute atomic E-state index is 12.9. The average Bonchev–Trinajstić information content (AvgIpc) is 2.97. The van der Waals surface area contributed by atoms with Gasteiger partial charge in [0.2, 0.25) is 0 Å². The number of nitrogens with zero attached hydrogens (tertiary/aromatic N) is 2. The van der Waals surface area contributed by atoms with Gasteiger partial charge >= 0.3 is 5.97 Å². The van der Waals surface area contributed by atoms with Gasteiger partial charge in [0, 0.05) is 31.5 Å². The van der Waals surface area contributed by atoms with Crippen molar-refractivity contribution in [3.63, 3.8) is 0 Å². The Bertz CT molecular complexity index is 742. The number of esters is 1. The van der Waals surface area contributed by atoms with Crippen molar-refractivity contribution in [1.29, 1.82) is 5.26 Å². The molecule has 26 heavy (non-hydrogen) atoms. The van der Waals surface area contributed by atoms with Gasteiger partial charge in [-0.1, -0.05) is 12.1 Å². The molecule has 0 saturated carbocycles. The normalized spacial score (nSPS) is 27.8. The molecule has 0 amide bonds. The van der Waals surface area contributed by atoms with E-state index in [1.807, 2.05) is 24.3 Å². The highest BCUT2D eigenvalue weighted by Gasteiger charge is 2.61. The fraction of sp³-hybridized carbons (Fsp3) is 0.550. The highest BCUT2D eigenvalue weighted by Crippen LogP contribution is 2.48. The number of carbonyl (C=O) groups excluding carboxylic acids is 2. The van der Waals surface area contributed by atoms with Gasteiger partial charge in [0.25, 0.3) is 0 Å². The molecule has 2 heterocycles. The van der Waals surface area contributed by atoms with Crippen LogP contribution in [0.15, 0.2) is 24.3 Å². The minimum atomic E-state index is -1.23. The molecule has 3 unspecified atom stereocenters. The van der Waals surface area contributed by atoms with Crippen LogP contribution in [0.3, 0.4) is 0 Å². The first-order valence-electron chi connectivity index (χ1n) is 8.94. The number of ether oxygens (including phenoxy) is 2. The molecule has 2 bridgehead atoms. The van der Waals surface area contributed by atoms with E-state index in [0.29, 0.717) is 13.0 Å². The Morgan fingerprint density at radius 2 is 2.19 bits per heavy atom. The molecule has 2 aliphatic heterocycles. The van der Waals surface area contributed by atoms with Crippen molar-refractivity contribution in [2.75, 3.05) is 14.2 Å². The van der Waals surface area contributed by atoms with E-state index in [1.165, 1.54) is 7.11 Å². The van der Waals surface area contributed by atoms with E-state index < -0.39 is 11.4 Å². The number of benzene rings is 1. The number of piperidine rings is 1. The van der Waals surface area contributed by atoms with Gasteiger partial charge in [0.05, 0.1) is 20.3 Å². The monoisotopic (exact) mass is 356 g/mol. The molecule has 2 aliphatic rings. The second kappa shape index (κ2) is 7.46. The molecular weight excluding hydrogens is 332 g/mol. The molecular formula is C20H24N2O4. The van der Waals surface area contributed by atoms with Crippen LogP contribution in [0.4, 0.5) is 0 Å². The number of rotatable bonds is 6. The Morgan fingerprint density at radius 3 is 2.88 bits per heavy atom. The van der Waals surface area contributed by atoms with Crippen molar-refractivity contribution < 1.29 is 19.1 Å². The summed E-state index contributed by atoms with van der Waals surface area (Å²) in [5.41, 5.74) is -0.147. The second-order valence-corrected chi connectivity index (χ2v) is 7.02. The molecule has 0 N–H and O–H groups in total. The molecule has 3 rings (SSSR count). The Hall–Kier alpha value is -2.39. The number of methoxy groups -OCH3 is 2. The highest BCUT2D eigenvalue weighted by molar-refractivity contribution is 6.05. The summed E-state index contributed by atoms with van der Waals surface area (Å²) >= 11 is 0. The lowest BCUT2D eigenvalue weighted by Gasteiger charge is -2.45. The summed E-state index contributed by atoms with van der Waals surface area (Å²) in [6.45, 7) is 0.644. The van der Waals surface area contributed by atoms with Gasteiger partial charge in [0.1, 0.15) is 11.2 Å². The minimum Gasteiger partial charge on any atom is -0.497 e. The Morgan fingerprint density at radius 1 is 1.38 bits per heavy atom. The van der Waals surface area contributed by atoms with Crippen LogP contribution in [0.25, 0.3) is 0 Å². The average molecular weight is 356 g/mol. The molecule has 0 radical (unpaired) electrons. The number of ketones is 1. The Balaban J connectivity index is 1.93. The first-order chi connectivity index (χ1) is 12.6. The van der Waals surface area contributed by atoms with Crippen molar-refractivity contribution in [1.82, 2.24) is 4.90 Å². The summed E-state index contributed by atoms with van der Waals surface area (Å²) in [7, 11) is 2.95. The smallest absolute Gasteiger partial charge is 0.321 e. The molecule has 6 nitrogen and oxygen atoms in total. The molecule has 2 saturated heterocycles. The SMILES string of the molecule is COC(=O)C1(CCC#N)C(=O)CC2CCC1N2Cc1cccc(OC)c1. The Kier molecular flexibility index (Phi) is 5.28. The molecule has 6 heteroatoms. The van der Waals surface area contributed by atoms with E-state index in [1.54, 1.807) is 7.11 Å². The molecule has 0 spiro atoms. The molecule has 138 valence electrons. The summed E-state index contributed by atoms with van der Waals surface area (Å²) in [5.74, 6) is 0.208. The van der Waals surface area contributed by atoms with Crippen LogP contribution in [0.5, 0.6) is 5.75 Å². The quantitative estimate of drug-likeness (QED) is 0.575. The van der Waals surface area contributed by atoms with Gasteiger partial charge in [-0.25, -0.2) is 0 Å². The molecule has 0 aliphatic carbocycles. The number of hydrogen-bond donors (Lipinski definition) is 0. The summed E-state index contributed by atoms with van der Waals surface area (Å²) in [6.07, 6.45) is 2.36. The van der Waals surface area contributed by atoms with E-state index in [2.05, 4.69) is 11.0 Å². The van der Waals surface area contributed by atoms with Crippen molar-refractivity contribution in [3.05, 3.63) is 29.8 Å². The van der Waals surface area contributed by atoms with Crippen LogP contribution in [-0.2, 0) is 20.9 Å². The summed E-state index contributed by atoms with van der Waals surface area (Å²) in [5, 5.41) is 9.04. The second-order valence-electron chi connectivity index (χ2n) is 7.02. The van der Waals surface area contributed by atoms with E-state index in [9.17, 15) is 9.59 Å². The fourth-order valence-electron chi connectivity index (χ4n) is 4.58. The number of fused-ring (bicyclic) bond motifs is 2. The molecule has 2 fully saturated rings. The highest BCUT2D eigenvalue weighted by atomic mass is 16.5. The lowest BCUT2D eigenvalue weighted by Crippen LogP contribution is -2.60. The summed E-state index contributed by atoms with van der Waals surface area (Å²) in [4.78, 5) is 27.9. The zero-order valence-electron chi connectivity index (χ0n) is 15.2. The number of hydrogen-bond acceptors (Lipinski definition) is 6. The first-order valence-corrected chi connectivity index (χ1v) is 8.94. The van der Waals surface area contributed by atoms with E-state index >= 15 is 0 Å². The van der Waals surface area contributed by atoms with Crippen molar-refractivity contribution in [2.45, 2.75) is 50.7 Å². The molecule has 1 aromatic rings. The lowest BCUT2D eigenvalue weighted by atomic mass is 9.69. The van der Waals surface area contributed by atoms with Crippen LogP contribution < -0.4 is 4.74 Å². The molecule has 3 atom stereocenters. The number of Topliss-reactive ketones (excluding diaryl/α,β-unsaturated/α-hetero) is 1. The fourth-order valence-corrected chi connectivity index (χ4v) is 4.58. The lowest BCUT2D eigenvalue weighted by molar-refractivity contribution is -0.167. The van der Waals surface area contributed by atoms with E-state index in [-0.39, 0.29) is 30.7 Å². The standard InChI is InChI=1S/C20H24N2O4/c1-25-16-6-3-5-14(11-16)13-22-15-7-8-17(22)20(9-4-10-21,18(23)12-15)19(24)26-2/h3,5-6,11,15,17H,4,7-9,12-13H2,1-2H3. The van der Waals surface area contributed by atoms with E-state index in [4.69, 9.17) is 14.7 Å². The topological polar surface area (TPSA) is 79.6 Å². The van der Waals surface area contributed by atoms with Gasteiger partial charge < -0.3 is 9.47 Å². The third-order valence-corrected chi connectivity index (χ3v) is 5.81. The number of nitriles is 1.